The van der Waals surface area contributed by atoms with Crippen molar-refractivity contribution in [3.63, 3.8) is 0 Å². The number of nitrogens with zero attached hydrogens (tertiary/aromatic N) is 3. The van der Waals surface area contributed by atoms with E-state index in [1.54, 1.807) is 6.20 Å². The van der Waals surface area contributed by atoms with Crippen molar-refractivity contribution < 1.29 is 4.79 Å². The molecule has 3 heterocycles. The minimum absolute atomic E-state index is 0.213. The summed E-state index contributed by atoms with van der Waals surface area (Å²) < 4.78 is 1.94. The van der Waals surface area contributed by atoms with Crippen LogP contribution >= 0.6 is 11.3 Å². The maximum absolute atomic E-state index is 13.0. The predicted octanol–water partition coefficient (Wildman–Crippen LogP) is 3.90. The van der Waals surface area contributed by atoms with Crippen molar-refractivity contribution in [1.82, 2.24) is 14.5 Å². The van der Waals surface area contributed by atoms with Crippen molar-refractivity contribution in [2.45, 2.75) is 26.3 Å². The molecule has 4 aromatic rings. The van der Waals surface area contributed by atoms with E-state index in [4.69, 9.17) is 0 Å². The van der Waals surface area contributed by atoms with E-state index in [1.807, 2.05) is 50.2 Å². The Labute approximate surface area is 159 Å². The van der Waals surface area contributed by atoms with Crippen LogP contribution in [-0.2, 0) is 4.79 Å². The molecule has 1 N–H and O–H groups in total. The molecule has 0 saturated carbocycles. The third-order valence-electron chi connectivity index (χ3n) is 4.61. The van der Waals surface area contributed by atoms with Crippen LogP contribution in [0.25, 0.3) is 20.4 Å². The minimum atomic E-state index is -0.632. The van der Waals surface area contributed by atoms with Gasteiger partial charge in [-0.1, -0.05) is 25.1 Å². The minimum Gasteiger partial charge on any atom is -0.324 e. The molecular weight excluding hydrogens is 360 g/mol. The van der Waals surface area contributed by atoms with Gasteiger partial charge in [-0.2, -0.15) is 0 Å². The van der Waals surface area contributed by atoms with E-state index in [0.717, 1.165) is 21.5 Å². The number of para-hydroxylation sites is 1. The van der Waals surface area contributed by atoms with Gasteiger partial charge in [0.15, 0.2) is 0 Å². The topological polar surface area (TPSA) is 76.9 Å². The maximum atomic E-state index is 13.0. The van der Waals surface area contributed by atoms with E-state index < -0.39 is 6.04 Å². The summed E-state index contributed by atoms with van der Waals surface area (Å²) in [5.74, 6) is -0.228. The van der Waals surface area contributed by atoms with E-state index in [1.165, 1.54) is 22.2 Å². The molecule has 0 aliphatic rings. The normalized spacial score (nSPS) is 12.4. The molecule has 0 bridgehead atoms. The summed E-state index contributed by atoms with van der Waals surface area (Å²) >= 11 is 1.31. The first-order chi connectivity index (χ1) is 13.1. The fourth-order valence-corrected chi connectivity index (χ4v) is 4.18. The van der Waals surface area contributed by atoms with Crippen LogP contribution in [0.4, 0.5) is 5.69 Å². The first kappa shape index (κ1) is 17.4. The number of carbonyl (C=O) groups excluding carboxylic acids is 1. The highest BCUT2D eigenvalue weighted by Gasteiger charge is 2.22. The number of hydrogen-bond acceptors (Lipinski definition) is 5. The molecule has 0 radical (unpaired) electrons. The molecule has 1 aromatic carbocycles. The van der Waals surface area contributed by atoms with Crippen molar-refractivity contribution in [3.05, 3.63) is 64.8 Å². The molecule has 0 spiro atoms. The van der Waals surface area contributed by atoms with Crippen LogP contribution in [0.3, 0.4) is 0 Å². The van der Waals surface area contributed by atoms with Crippen LogP contribution in [0.2, 0.25) is 0 Å². The standard InChI is InChI=1S/C20H18N4O2S/c1-3-15(18(25)23-14-9-5-4-7-12(14)2)24-11-22-16-13-8-6-10-21-19(13)27-17(16)20(24)26/h4-11,15H,3H2,1-2H3,(H,23,25)/t15-/m0/s1. The Balaban J connectivity index is 1.76. The zero-order valence-electron chi connectivity index (χ0n) is 15.0. The summed E-state index contributed by atoms with van der Waals surface area (Å²) in [4.78, 5) is 35.4. The lowest BCUT2D eigenvalue weighted by molar-refractivity contribution is -0.119. The summed E-state index contributed by atoms with van der Waals surface area (Å²) in [6.45, 7) is 3.81. The van der Waals surface area contributed by atoms with Crippen molar-refractivity contribution in [2.24, 2.45) is 0 Å². The molecule has 4 rings (SSSR count). The van der Waals surface area contributed by atoms with E-state index in [9.17, 15) is 9.59 Å². The molecular formula is C20H18N4O2S. The summed E-state index contributed by atoms with van der Waals surface area (Å²) in [5.41, 5.74) is 2.14. The molecule has 27 heavy (non-hydrogen) atoms. The molecule has 6 nitrogen and oxygen atoms in total. The van der Waals surface area contributed by atoms with Gasteiger partial charge in [0.2, 0.25) is 5.91 Å². The molecule has 136 valence electrons. The van der Waals surface area contributed by atoms with Gasteiger partial charge in [-0.3, -0.25) is 14.2 Å². The number of carbonyl (C=O) groups is 1. The first-order valence-electron chi connectivity index (χ1n) is 8.71. The van der Waals surface area contributed by atoms with Crippen LogP contribution < -0.4 is 10.9 Å². The van der Waals surface area contributed by atoms with E-state index in [0.29, 0.717) is 16.6 Å². The zero-order valence-corrected chi connectivity index (χ0v) is 15.8. The van der Waals surface area contributed by atoms with Crippen LogP contribution in [-0.4, -0.2) is 20.4 Å². The molecule has 0 fully saturated rings. The lowest BCUT2D eigenvalue weighted by atomic mass is 10.1. The number of anilines is 1. The molecule has 1 amide bonds. The molecule has 3 aromatic heterocycles. The number of pyridine rings is 1. The Hall–Kier alpha value is -3.06. The van der Waals surface area contributed by atoms with Crippen LogP contribution in [0, 0.1) is 6.92 Å². The Morgan fingerprint density at radius 1 is 1.22 bits per heavy atom. The van der Waals surface area contributed by atoms with Crippen molar-refractivity contribution in [1.29, 1.82) is 0 Å². The number of aromatic nitrogens is 3. The van der Waals surface area contributed by atoms with Gasteiger partial charge in [-0.25, -0.2) is 9.97 Å². The summed E-state index contributed by atoms with van der Waals surface area (Å²) in [5, 5.41) is 3.79. The van der Waals surface area contributed by atoms with Gasteiger partial charge >= 0.3 is 0 Å². The van der Waals surface area contributed by atoms with Crippen molar-refractivity contribution in [3.8, 4) is 0 Å². The maximum Gasteiger partial charge on any atom is 0.272 e. The third-order valence-corrected chi connectivity index (χ3v) is 5.70. The van der Waals surface area contributed by atoms with Gasteiger partial charge in [-0.15, -0.1) is 11.3 Å². The second kappa shape index (κ2) is 6.92. The van der Waals surface area contributed by atoms with E-state index >= 15 is 0 Å². The number of nitrogens with one attached hydrogen (secondary N) is 1. The summed E-state index contributed by atoms with van der Waals surface area (Å²) in [6, 6.07) is 10.7. The second-order valence-electron chi connectivity index (χ2n) is 6.32. The molecule has 0 aliphatic carbocycles. The number of amides is 1. The lowest BCUT2D eigenvalue weighted by Gasteiger charge is -2.18. The molecule has 0 unspecified atom stereocenters. The molecule has 0 saturated heterocycles. The lowest BCUT2D eigenvalue weighted by Crippen LogP contribution is -2.33. The van der Waals surface area contributed by atoms with Gasteiger partial charge in [0.05, 0.1) is 11.8 Å². The largest absolute Gasteiger partial charge is 0.324 e. The fraction of sp³-hybridized carbons (Fsp3) is 0.200. The highest BCUT2D eigenvalue weighted by atomic mass is 32.1. The Morgan fingerprint density at radius 3 is 2.81 bits per heavy atom. The Kier molecular flexibility index (Phi) is 4.45. The SMILES string of the molecule is CC[C@@H](C(=O)Nc1ccccc1C)n1cnc2c(sc3ncccc32)c1=O. The smallest absolute Gasteiger partial charge is 0.272 e. The molecule has 0 aliphatic heterocycles. The predicted molar refractivity (Wildman–Crippen MR) is 108 cm³/mol. The van der Waals surface area contributed by atoms with E-state index in [2.05, 4.69) is 15.3 Å². The number of fused-ring (bicyclic) bond motifs is 3. The Bertz CT molecular complexity index is 1210. The van der Waals surface area contributed by atoms with Crippen molar-refractivity contribution in [2.75, 3.05) is 5.32 Å². The highest BCUT2D eigenvalue weighted by Crippen LogP contribution is 2.28. The number of rotatable bonds is 4. The van der Waals surface area contributed by atoms with Gasteiger partial charge in [0.25, 0.3) is 5.56 Å². The number of aryl methyl sites for hydroxylation is 1. The van der Waals surface area contributed by atoms with Crippen LogP contribution in [0.5, 0.6) is 0 Å². The molecule has 7 heteroatoms. The van der Waals surface area contributed by atoms with Crippen LogP contribution in [0.15, 0.2) is 53.7 Å². The average molecular weight is 378 g/mol. The van der Waals surface area contributed by atoms with Crippen LogP contribution in [0.1, 0.15) is 24.9 Å². The van der Waals surface area contributed by atoms with Gasteiger partial charge in [0, 0.05) is 17.3 Å². The second-order valence-corrected chi connectivity index (χ2v) is 7.32. The first-order valence-corrected chi connectivity index (χ1v) is 9.52. The monoisotopic (exact) mass is 378 g/mol. The van der Waals surface area contributed by atoms with Gasteiger partial charge < -0.3 is 5.32 Å². The van der Waals surface area contributed by atoms with Gasteiger partial charge in [0.1, 0.15) is 15.6 Å². The number of hydrogen-bond donors (Lipinski definition) is 1. The quantitative estimate of drug-likeness (QED) is 0.584. The summed E-state index contributed by atoms with van der Waals surface area (Å²) in [7, 11) is 0. The number of benzene rings is 1. The number of thiophene rings is 1. The molecule has 1 atom stereocenters. The van der Waals surface area contributed by atoms with Crippen molar-refractivity contribution >= 4 is 43.4 Å². The highest BCUT2D eigenvalue weighted by molar-refractivity contribution is 7.25. The fourth-order valence-electron chi connectivity index (χ4n) is 3.14. The third kappa shape index (κ3) is 3.00. The average Bonchev–Trinajstić information content (AvgIpc) is 3.06. The zero-order chi connectivity index (χ0) is 19.0. The van der Waals surface area contributed by atoms with E-state index in [-0.39, 0.29) is 11.5 Å². The summed E-state index contributed by atoms with van der Waals surface area (Å²) in [6.07, 6.45) is 3.64. The van der Waals surface area contributed by atoms with Gasteiger partial charge in [-0.05, 0) is 37.1 Å². The Morgan fingerprint density at radius 2 is 2.04 bits per heavy atom.